The summed E-state index contributed by atoms with van der Waals surface area (Å²) < 4.78 is 0. The summed E-state index contributed by atoms with van der Waals surface area (Å²) in [7, 11) is 0. The molecule has 1 saturated heterocycles. The van der Waals surface area contributed by atoms with Crippen LogP contribution < -0.4 is 10.6 Å². The highest BCUT2D eigenvalue weighted by atomic mass is 15.2. The molecule has 106 valence electrons. The number of anilines is 1. The molecular weight excluding hydrogens is 246 g/mol. The minimum Gasteiger partial charge on any atom is -0.356 e. The van der Waals surface area contributed by atoms with Crippen LogP contribution >= 0.6 is 0 Å². The fraction of sp³-hybridized carbons (Fsp3) is 0.471. The standard InChI is InChI=1S/C17H23N3/c1-12(2)14-7-8-20(11-14)17-15(10-18)9-13-5-3-4-6-16(13)19-17/h3-6,9,12,14H,7-8,10-11,18H2,1-2H3. The molecule has 1 fully saturated rings. The SMILES string of the molecule is CC(C)C1CCN(c2nc3ccccc3cc2CN)C1. The van der Waals surface area contributed by atoms with Crippen LogP contribution in [0.1, 0.15) is 25.8 Å². The molecule has 0 bridgehead atoms. The van der Waals surface area contributed by atoms with Crippen molar-refractivity contribution < 1.29 is 0 Å². The van der Waals surface area contributed by atoms with Crippen molar-refractivity contribution in [3.05, 3.63) is 35.9 Å². The van der Waals surface area contributed by atoms with Gasteiger partial charge in [-0.05, 0) is 30.4 Å². The zero-order valence-electron chi connectivity index (χ0n) is 12.3. The molecule has 3 rings (SSSR count). The first kappa shape index (κ1) is 13.4. The maximum Gasteiger partial charge on any atom is 0.133 e. The minimum atomic E-state index is 0.552. The normalized spacial score (nSPS) is 19.2. The lowest BCUT2D eigenvalue weighted by Crippen LogP contribution is -2.24. The summed E-state index contributed by atoms with van der Waals surface area (Å²) in [6.45, 7) is 7.38. The first-order valence-electron chi connectivity index (χ1n) is 7.52. The fourth-order valence-electron chi connectivity index (χ4n) is 3.10. The predicted molar refractivity (Wildman–Crippen MR) is 84.8 cm³/mol. The number of aromatic nitrogens is 1. The lowest BCUT2D eigenvalue weighted by atomic mass is 9.95. The van der Waals surface area contributed by atoms with Crippen LogP contribution in [0.3, 0.4) is 0 Å². The summed E-state index contributed by atoms with van der Waals surface area (Å²) in [4.78, 5) is 7.28. The molecule has 3 nitrogen and oxygen atoms in total. The van der Waals surface area contributed by atoms with E-state index in [0.29, 0.717) is 6.54 Å². The van der Waals surface area contributed by atoms with Crippen molar-refractivity contribution in [1.82, 2.24) is 4.98 Å². The Kier molecular flexibility index (Phi) is 3.62. The van der Waals surface area contributed by atoms with Gasteiger partial charge in [0.1, 0.15) is 5.82 Å². The Labute approximate surface area is 120 Å². The molecule has 2 aromatic rings. The Morgan fingerprint density at radius 1 is 1.35 bits per heavy atom. The van der Waals surface area contributed by atoms with Gasteiger partial charge in [-0.1, -0.05) is 32.0 Å². The third-order valence-corrected chi connectivity index (χ3v) is 4.47. The molecule has 3 heteroatoms. The predicted octanol–water partition coefficient (Wildman–Crippen LogP) is 3.18. The van der Waals surface area contributed by atoms with Crippen LogP contribution in [0.4, 0.5) is 5.82 Å². The van der Waals surface area contributed by atoms with Crippen molar-refractivity contribution in [3.8, 4) is 0 Å². The van der Waals surface area contributed by atoms with Gasteiger partial charge in [0.25, 0.3) is 0 Å². The van der Waals surface area contributed by atoms with Gasteiger partial charge in [-0.3, -0.25) is 0 Å². The van der Waals surface area contributed by atoms with Crippen LogP contribution in [0.25, 0.3) is 10.9 Å². The molecular formula is C17H23N3. The molecule has 1 aliphatic heterocycles. The maximum absolute atomic E-state index is 5.94. The van der Waals surface area contributed by atoms with Crippen LogP contribution in [-0.2, 0) is 6.54 Å². The number of hydrogen-bond donors (Lipinski definition) is 1. The van der Waals surface area contributed by atoms with E-state index >= 15 is 0 Å². The van der Waals surface area contributed by atoms with E-state index in [9.17, 15) is 0 Å². The van der Waals surface area contributed by atoms with Gasteiger partial charge in [-0.15, -0.1) is 0 Å². The Bertz CT molecular complexity index is 606. The van der Waals surface area contributed by atoms with E-state index in [0.717, 1.165) is 41.8 Å². The van der Waals surface area contributed by atoms with Crippen molar-refractivity contribution >= 4 is 16.7 Å². The lowest BCUT2D eigenvalue weighted by Gasteiger charge is -2.22. The molecule has 2 heterocycles. The highest BCUT2D eigenvalue weighted by Crippen LogP contribution is 2.30. The molecule has 0 radical (unpaired) electrons. The second-order valence-electron chi connectivity index (χ2n) is 6.11. The Balaban J connectivity index is 1.98. The van der Waals surface area contributed by atoms with Crippen molar-refractivity contribution in [2.45, 2.75) is 26.8 Å². The second kappa shape index (κ2) is 5.41. The summed E-state index contributed by atoms with van der Waals surface area (Å²) in [5.41, 5.74) is 8.16. The molecule has 1 aromatic heterocycles. The van der Waals surface area contributed by atoms with Gasteiger partial charge < -0.3 is 10.6 Å². The summed E-state index contributed by atoms with van der Waals surface area (Å²) in [6.07, 6.45) is 1.26. The van der Waals surface area contributed by atoms with Gasteiger partial charge >= 0.3 is 0 Å². The van der Waals surface area contributed by atoms with Gasteiger partial charge in [0.05, 0.1) is 5.52 Å². The van der Waals surface area contributed by atoms with E-state index in [1.54, 1.807) is 0 Å². The fourth-order valence-corrected chi connectivity index (χ4v) is 3.10. The largest absolute Gasteiger partial charge is 0.356 e. The summed E-state index contributed by atoms with van der Waals surface area (Å²) in [5.74, 6) is 2.60. The molecule has 0 spiro atoms. The average molecular weight is 269 g/mol. The average Bonchev–Trinajstić information content (AvgIpc) is 2.95. The van der Waals surface area contributed by atoms with Crippen molar-refractivity contribution in [2.24, 2.45) is 17.6 Å². The third kappa shape index (κ3) is 2.38. The highest BCUT2D eigenvalue weighted by Gasteiger charge is 2.27. The van der Waals surface area contributed by atoms with E-state index in [2.05, 4.69) is 43.0 Å². The Morgan fingerprint density at radius 3 is 2.85 bits per heavy atom. The van der Waals surface area contributed by atoms with Crippen molar-refractivity contribution in [3.63, 3.8) is 0 Å². The first-order valence-corrected chi connectivity index (χ1v) is 7.52. The molecule has 2 N–H and O–H groups in total. The number of nitrogens with zero attached hydrogens (tertiary/aromatic N) is 2. The van der Waals surface area contributed by atoms with E-state index in [-0.39, 0.29) is 0 Å². The molecule has 0 saturated carbocycles. The van der Waals surface area contributed by atoms with Crippen LogP contribution in [0, 0.1) is 11.8 Å². The van der Waals surface area contributed by atoms with Gasteiger partial charge in [0.2, 0.25) is 0 Å². The van der Waals surface area contributed by atoms with Crippen LogP contribution in [0.15, 0.2) is 30.3 Å². The monoisotopic (exact) mass is 269 g/mol. The number of hydrogen-bond acceptors (Lipinski definition) is 3. The van der Waals surface area contributed by atoms with Gasteiger partial charge in [0.15, 0.2) is 0 Å². The number of para-hydroxylation sites is 1. The van der Waals surface area contributed by atoms with Crippen LogP contribution in [-0.4, -0.2) is 18.1 Å². The summed E-state index contributed by atoms with van der Waals surface area (Å²) in [6, 6.07) is 10.5. The topological polar surface area (TPSA) is 42.2 Å². The first-order chi connectivity index (χ1) is 9.69. The van der Waals surface area contributed by atoms with E-state index in [1.165, 1.54) is 11.8 Å². The molecule has 1 aliphatic rings. The van der Waals surface area contributed by atoms with Crippen molar-refractivity contribution in [1.29, 1.82) is 0 Å². The number of pyridine rings is 1. The molecule has 20 heavy (non-hydrogen) atoms. The lowest BCUT2D eigenvalue weighted by molar-refractivity contribution is 0.422. The molecule has 1 unspecified atom stereocenters. The summed E-state index contributed by atoms with van der Waals surface area (Å²) in [5, 5.41) is 1.18. The minimum absolute atomic E-state index is 0.552. The number of nitrogens with two attached hydrogens (primary N) is 1. The van der Waals surface area contributed by atoms with Crippen LogP contribution in [0.2, 0.25) is 0 Å². The van der Waals surface area contributed by atoms with Gasteiger partial charge in [-0.25, -0.2) is 4.98 Å². The number of fused-ring (bicyclic) bond motifs is 1. The molecule has 0 amide bonds. The van der Waals surface area contributed by atoms with E-state index < -0.39 is 0 Å². The number of rotatable bonds is 3. The second-order valence-corrected chi connectivity index (χ2v) is 6.11. The van der Waals surface area contributed by atoms with Gasteiger partial charge in [0, 0.05) is 30.6 Å². The zero-order chi connectivity index (χ0) is 14.1. The molecule has 0 aliphatic carbocycles. The summed E-state index contributed by atoms with van der Waals surface area (Å²) >= 11 is 0. The van der Waals surface area contributed by atoms with E-state index in [1.807, 2.05) is 6.07 Å². The zero-order valence-corrected chi connectivity index (χ0v) is 12.3. The maximum atomic E-state index is 5.94. The Hall–Kier alpha value is -1.61. The Morgan fingerprint density at radius 2 is 2.15 bits per heavy atom. The van der Waals surface area contributed by atoms with Crippen molar-refractivity contribution in [2.75, 3.05) is 18.0 Å². The third-order valence-electron chi connectivity index (χ3n) is 4.47. The molecule has 1 atom stereocenters. The van der Waals surface area contributed by atoms with E-state index in [4.69, 9.17) is 10.7 Å². The smallest absolute Gasteiger partial charge is 0.133 e. The van der Waals surface area contributed by atoms with Gasteiger partial charge in [-0.2, -0.15) is 0 Å². The molecule has 1 aromatic carbocycles. The highest BCUT2D eigenvalue weighted by molar-refractivity contribution is 5.81. The van der Waals surface area contributed by atoms with Crippen LogP contribution in [0.5, 0.6) is 0 Å². The quantitative estimate of drug-likeness (QED) is 0.930. The number of benzene rings is 1.